The highest BCUT2D eigenvalue weighted by atomic mass is 16.5. The summed E-state index contributed by atoms with van der Waals surface area (Å²) in [5.41, 5.74) is 6.24. The largest absolute Gasteiger partial charge is 0.493 e. The van der Waals surface area contributed by atoms with Crippen molar-refractivity contribution in [3.05, 3.63) is 24.3 Å². The van der Waals surface area contributed by atoms with Crippen molar-refractivity contribution in [1.29, 1.82) is 0 Å². The predicted octanol–water partition coefficient (Wildman–Crippen LogP) is 1.56. The number of hydrogen-bond acceptors (Lipinski definition) is 3. The van der Waals surface area contributed by atoms with Crippen LogP contribution in [0.3, 0.4) is 0 Å². The monoisotopic (exact) mass is 222 g/mol. The Kier molecular flexibility index (Phi) is 5.19. The first-order valence-electron chi connectivity index (χ1n) is 5.47. The van der Waals surface area contributed by atoms with Crippen LogP contribution in [0.25, 0.3) is 0 Å². The molecule has 0 atom stereocenters. The molecule has 1 amide bonds. The first kappa shape index (κ1) is 12.4. The van der Waals surface area contributed by atoms with Gasteiger partial charge in [-0.3, -0.25) is 4.79 Å². The maximum Gasteiger partial charge on any atom is 0.223 e. The van der Waals surface area contributed by atoms with Crippen LogP contribution in [0.15, 0.2) is 24.3 Å². The van der Waals surface area contributed by atoms with Gasteiger partial charge in [-0.15, -0.1) is 0 Å². The molecule has 0 unspecified atom stereocenters. The third-order valence-electron chi connectivity index (χ3n) is 2.05. The van der Waals surface area contributed by atoms with Gasteiger partial charge in [0.1, 0.15) is 5.75 Å². The van der Waals surface area contributed by atoms with Crippen LogP contribution in [-0.4, -0.2) is 19.1 Å². The van der Waals surface area contributed by atoms with Gasteiger partial charge in [-0.1, -0.05) is 6.92 Å². The van der Waals surface area contributed by atoms with Crippen LogP contribution < -0.4 is 15.8 Å². The summed E-state index contributed by atoms with van der Waals surface area (Å²) in [6, 6.07) is 7.12. The normalized spacial score (nSPS) is 9.81. The van der Waals surface area contributed by atoms with E-state index in [-0.39, 0.29) is 5.91 Å². The quantitative estimate of drug-likeness (QED) is 0.718. The topological polar surface area (TPSA) is 64.3 Å². The Morgan fingerprint density at radius 2 is 2.06 bits per heavy atom. The zero-order chi connectivity index (χ0) is 11.8. The van der Waals surface area contributed by atoms with E-state index in [1.165, 1.54) is 0 Å². The Bertz CT molecular complexity index is 322. The third-order valence-corrected chi connectivity index (χ3v) is 2.05. The Morgan fingerprint density at radius 3 is 2.69 bits per heavy atom. The Balaban J connectivity index is 2.20. The van der Waals surface area contributed by atoms with E-state index in [1.807, 2.05) is 6.92 Å². The average molecular weight is 222 g/mol. The Morgan fingerprint density at radius 1 is 1.38 bits per heavy atom. The predicted molar refractivity (Wildman–Crippen MR) is 64.3 cm³/mol. The highest BCUT2D eigenvalue weighted by molar-refractivity contribution is 5.75. The minimum Gasteiger partial charge on any atom is -0.493 e. The minimum atomic E-state index is 0.0253. The lowest BCUT2D eigenvalue weighted by Crippen LogP contribution is -2.25. The molecule has 4 heteroatoms. The number of rotatable bonds is 6. The molecule has 0 saturated carbocycles. The number of ether oxygens (including phenoxy) is 1. The maximum atomic E-state index is 11.2. The molecule has 0 heterocycles. The van der Waals surface area contributed by atoms with Crippen molar-refractivity contribution in [2.45, 2.75) is 19.8 Å². The van der Waals surface area contributed by atoms with E-state index in [2.05, 4.69) is 5.32 Å². The van der Waals surface area contributed by atoms with E-state index >= 15 is 0 Å². The van der Waals surface area contributed by atoms with Crippen molar-refractivity contribution in [3.63, 3.8) is 0 Å². The van der Waals surface area contributed by atoms with Crippen molar-refractivity contribution in [2.24, 2.45) is 0 Å². The van der Waals surface area contributed by atoms with Crippen LogP contribution >= 0.6 is 0 Å². The molecule has 0 aliphatic carbocycles. The van der Waals surface area contributed by atoms with Crippen LogP contribution in [0, 0.1) is 0 Å². The molecule has 0 fully saturated rings. The molecule has 0 aliphatic rings. The lowest BCUT2D eigenvalue weighted by molar-refractivity contribution is -0.121. The summed E-state index contributed by atoms with van der Waals surface area (Å²) in [4.78, 5) is 11.2. The van der Waals surface area contributed by atoms with E-state index in [4.69, 9.17) is 10.5 Å². The van der Waals surface area contributed by atoms with E-state index in [9.17, 15) is 4.79 Å². The highest BCUT2D eigenvalue weighted by Crippen LogP contribution is 2.12. The number of amides is 1. The van der Waals surface area contributed by atoms with E-state index < -0.39 is 0 Å². The van der Waals surface area contributed by atoms with Crippen LogP contribution in [0.5, 0.6) is 5.75 Å². The molecule has 0 aliphatic heterocycles. The number of carbonyl (C=O) groups is 1. The first-order valence-corrected chi connectivity index (χ1v) is 5.47. The average Bonchev–Trinajstić information content (AvgIpc) is 2.29. The summed E-state index contributed by atoms with van der Waals surface area (Å²) < 4.78 is 5.40. The van der Waals surface area contributed by atoms with Crippen LogP contribution in [-0.2, 0) is 4.79 Å². The number of benzene rings is 1. The number of nitrogens with one attached hydrogen (secondary N) is 1. The smallest absolute Gasteiger partial charge is 0.223 e. The molecule has 0 saturated heterocycles. The van der Waals surface area contributed by atoms with Crippen molar-refractivity contribution >= 4 is 11.6 Å². The van der Waals surface area contributed by atoms with Crippen molar-refractivity contribution in [3.8, 4) is 5.75 Å². The molecule has 4 nitrogen and oxygen atoms in total. The number of nitrogens with two attached hydrogens (primary N) is 1. The summed E-state index contributed by atoms with van der Waals surface area (Å²) in [7, 11) is 0. The van der Waals surface area contributed by atoms with Gasteiger partial charge in [-0.2, -0.15) is 0 Å². The molecular formula is C12H18N2O2. The second-order valence-electron chi connectivity index (χ2n) is 3.52. The maximum absolute atomic E-state index is 11.2. The van der Waals surface area contributed by atoms with Gasteiger partial charge >= 0.3 is 0 Å². The summed E-state index contributed by atoms with van der Waals surface area (Å²) in [5, 5.41) is 2.79. The summed E-state index contributed by atoms with van der Waals surface area (Å²) in [6.07, 6.45) is 1.33. The highest BCUT2D eigenvalue weighted by Gasteiger charge is 2.00. The second-order valence-corrected chi connectivity index (χ2v) is 3.52. The fourth-order valence-electron chi connectivity index (χ4n) is 1.18. The first-order chi connectivity index (χ1) is 7.72. The van der Waals surface area contributed by atoms with E-state index in [0.29, 0.717) is 18.7 Å². The SMILES string of the molecule is CCCNC(=O)CCOc1ccc(N)cc1. The van der Waals surface area contributed by atoms with Gasteiger partial charge in [0.05, 0.1) is 13.0 Å². The van der Waals surface area contributed by atoms with Gasteiger partial charge in [0.25, 0.3) is 0 Å². The molecule has 3 N–H and O–H groups in total. The number of hydrogen-bond donors (Lipinski definition) is 2. The van der Waals surface area contributed by atoms with Crippen molar-refractivity contribution in [2.75, 3.05) is 18.9 Å². The molecule has 16 heavy (non-hydrogen) atoms. The molecule has 88 valence electrons. The molecule has 0 spiro atoms. The standard InChI is InChI=1S/C12H18N2O2/c1-2-8-14-12(15)7-9-16-11-5-3-10(13)4-6-11/h3-6H,2,7-9,13H2,1H3,(H,14,15). The minimum absolute atomic E-state index is 0.0253. The Labute approximate surface area is 95.8 Å². The van der Waals surface area contributed by atoms with Gasteiger partial charge in [-0.05, 0) is 30.7 Å². The molecule has 0 bridgehead atoms. The van der Waals surface area contributed by atoms with Gasteiger partial charge in [-0.25, -0.2) is 0 Å². The van der Waals surface area contributed by atoms with Gasteiger partial charge in [0.2, 0.25) is 5.91 Å². The number of carbonyl (C=O) groups excluding carboxylic acids is 1. The van der Waals surface area contributed by atoms with Crippen molar-refractivity contribution < 1.29 is 9.53 Å². The molecule has 1 aromatic carbocycles. The van der Waals surface area contributed by atoms with Crippen LogP contribution in [0.1, 0.15) is 19.8 Å². The van der Waals surface area contributed by atoms with Gasteiger partial charge in [0, 0.05) is 12.2 Å². The third kappa shape index (κ3) is 4.68. The van der Waals surface area contributed by atoms with Gasteiger partial charge in [0.15, 0.2) is 0 Å². The summed E-state index contributed by atoms with van der Waals surface area (Å²) in [5.74, 6) is 0.759. The fourth-order valence-corrected chi connectivity index (χ4v) is 1.18. The van der Waals surface area contributed by atoms with Crippen LogP contribution in [0.2, 0.25) is 0 Å². The van der Waals surface area contributed by atoms with Gasteiger partial charge < -0.3 is 15.8 Å². The second kappa shape index (κ2) is 6.71. The molecular weight excluding hydrogens is 204 g/mol. The summed E-state index contributed by atoms with van der Waals surface area (Å²) in [6.45, 7) is 3.13. The fraction of sp³-hybridized carbons (Fsp3) is 0.417. The molecule has 0 radical (unpaired) electrons. The number of nitrogen functional groups attached to an aromatic ring is 1. The van der Waals surface area contributed by atoms with E-state index in [0.717, 1.165) is 18.7 Å². The summed E-state index contributed by atoms with van der Waals surface area (Å²) >= 11 is 0. The lowest BCUT2D eigenvalue weighted by Gasteiger charge is -2.06. The lowest BCUT2D eigenvalue weighted by atomic mass is 10.3. The zero-order valence-electron chi connectivity index (χ0n) is 9.53. The molecule has 1 aromatic rings. The van der Waals surface area contributed by atoms with Crippen molar-refractivity contribution in [1.82, 2.24) is 5.32 Å². The van der Waals surface area contributed by atoms with E-state index in [1.54, 1.807) is 24.3 Å². The van der Waals surface area contributed by atoms with Crippen LogP contribution in [0.4, 0.5) is 5.69 Å². The Hall–Kier alpha value is -1.71. The molecule has 0 aromatic heterocycles. The zero-order valence-corrected chi connectivity index (χ0v) is 9.53. The molecule has 1 rings (SSSR count). The number of anilines is 1.